The Hall–Kier alpha value is -0.740. The van der Waals surface area contributed by atoms with Crippen molar-refractivity contribution in [3.05, 3.63) is 29.6 Å². The van der Waals surface area contributed by atoms with Crippen molar-refractivity contribution in [2.45, 2.75) is 32.1 Å². The normalized spacial score (nSPS) is 12.8. The highest BCUT2D eigenvalue weighted by Gasteiger charge is 2.07. The fourth-order valence-corrected chi connectivity index (χ4v) is 2.00. The summed E-state index contributed by atoms with van der Waals surface area (Å²) in [6.45, 7) is 6.61. The van der Waals surface area contributed by atoms with Crippen molar-refractivity contribution in [3.63, 3.8) is 0 Å². The molecule has 17 heavy (non-hydrogen) atoms. The molecule has 0 fully saturated rings. The number of hydrogen-bond acceptors (Lipinski definition) is 3. The molecule has 0 spiro atoms. The topological polar surface area (TPSA) is 35.2 Å². The molecule has 0 aliphatic carbocycles. The molecule has 0 aromatic heterocycles. The van der Waals surface area contributed by atoms with E-state index >= 15 is 0 Å². The molecule has 0 saturated heterocycles. The third kappa shape index (κ3) is 4.96. The molecule has 0 saturated carbocycles. The molecule has 0 radical (unpaired) electrons. The minimum absolute atomic E-state index is 0.157. The van der Waals surface area contributed by atoms with Gasteiger partial charge in [-0.25, -0.2) is 4.39 Å². The quantitative estimate of drug-likeness (QED) is 0.794. The highest BCUT2D eigenvalue weighted by Crippen LogP contribution is 2.21. The Kier molecular flexibility index (Phi) is 5.78. The summed E-state index contributed by atoms with van der Waals surface area (Å²) in [4.78, 5) is 0. The minimum Gasteiger partial charge on any atom is -0.490 e. The summed E-state index contributed by atoms with van der Waals surface area (Å²) in [6.07, 6.45) is 0. The van der Waals surface area contributed by atoms with Gasteiger partial charge in [0.25, 0.3) is 0 Å². The first-order valence-corrected chi connectivity index (χ1v) is 6.85. The van der Waals surface area contributed by atoms with E-state index in [1.807, 2.05) is 6.92 Å². The van der Waals surface area contributed by atoms with E-state index < -0.39 is 0 Å². The van der Waals surface area contributed by atoms with Crippen LogP contribution in [-0.2, 0) is 0 Å². The lowest BCUT2D eigenvalue weighted by molar-refractivity contribution is 0.324. The predicted octanol–water partition coefficient (Wildman–Crippen LogP) is 3.37. The van der Waals surface area contributed by atoms with Crippen molar-refractivity contribution < 1.29 is 9.13 Å². The molecule has 0 amide bonds. The smallest absolute Gasteiger partial charge is 0.165 e. The van der Waals surface area contributed by atoms with Gasteiger partial charge in [0.1, 0.15) is 0 Å². The highest BCUT2D eigenvalue weighted by atomic mass is 32.2. The van der Waals surface area contributed by atoms with E-state index in [0.29, 0.717) is 17.6 Å². The summed E-state index contributed by atoms with van der Waals surface area (Å²) in [5.41, 5.74) is 6.46. The molecule has 2 nitrogen and oxygen atoms in total. The fourth-order valence-electron chi connectivity index (χ4n) is 1.35. The van der Waals surface area contributed by atoms with E-state index in [4.69, 9.17) is 10.5 Å². The van der Waals surface area contributed by atoms with Gasteiger partial charge in [0, 0.05) is 11.8 Å². The summed E-state index contributed by atoms with van der Waals surface area (Å²) in [5.74, 6) is 0.833. The van der Waals surface area contributed by atoms with E-state index in [-0.39, 0.29) is 11.9 Å². The van der Waals surface area contributed by atoms with E-state index in [0.717, 1.165) is 11.3 Å². The number of hydrogen-bond donors (Lipinski definition) is 1. The van der Waals surface area contributed by atoms with Crippen LogP contribution >= 0.6 is 11.8 Å². The monoisotopic (exact) mass is 257 g/mol. The van der Waals surface area contributed by atoms with Gasteiger partial charge in [-0.15, -0.1) is 0 Å². The maximum absolute atomic E-state index is 13.6. The molecular weight excluding hydrogens is 237 g/mol. The second-order valence-electron chi connectivity index (χ2n) is 4.25. The van der Waals surface area contributed by atoms with Crippen molar-refractivity contribution in [3.8, 4) is 5.75 Å². The average molecular weight is 257 g/mol. The first kappa shape index (κ1) is 14.3. The third-order valence-electron chi connectivity index (χ3n) is 2.27. The minimum atomic E-state index is -0.339. The van der Waals surface area contributed by atoms with Crippen LogP contribution in [0.25, 0.3) is 0 Å². The van der Waals surface area contributed by atoms with Gasteiger partial charge in [-0.3, -0.25) is 0 Å². The van der Waals surface area contributed by atoms with Gasteiger partial charge < -0.3 is 10.5 Å². The van der Waals surface area contributed by atoms with E-state index in [9.17, 15) is 4.39 Å². The van der Waals surface area contributed by atoms with Crippen LogP contribution in [0.5, 0.6) is 5.75 Å². The molecule has 1 aromatic carbocycles. The SMILES string of the molecule is CC(C)SCCOc1ccc([C@H](C)N)cc1F. The van der Waals surface area contributed by atoms with Gasteiger partial charge >= 0.3 is 0 Å². The van der Waals surface area contributed by atoms with Crippen LogP contribution < -0.4 is 10.5 Å². The number of halogens is 1. The molecule has 1 rings (SSSR count). The van der Waals surface area contributed by atoms with E-state index in [2.05, 4.69) is 13.8 Å². The van der Waals surface area contributed by atoms with Crippen LogP contribution in [0, 0.1) is 5.82 Å². The van der Waals surface area contributed by atoms with Crippen LogP contribution in [0.2, 0.25) is 0 Å². The lowest BCUT2D eigenvalue weighted by Gasteiger charge is -2.11. The molecule has 1 atom stereocenters. The van der Waals surface area contributed by atoms with Crippen molar-refractivity contribution >= 4 is 11.8 Å². The zero-order valence-corrected chi connectivity index (χ0v) is 11.4. The van der Waals surface area contributed by atoms with Crippen molar-refractivity contribution in [1.82, 2.24) is 0 Å². The first-order valence-electron chi connectivity index (χ1n) is 5.80. The molecule has 96 valence electrons. The lowest BCUT2D eigenvalue weighted by atomic mass is 10.1. The molecule has 2 N–H and O–H groups in total. The zero-order chi connectivity index (χ0) is 12.8. The predicted molar refractivity (Wildman–Crippen MR) is 72.1 cm³/mol. The van der Waals surface area contributed by atoms with E-state index in [1.54, 1.807) is 23.9 Å². The Morgan fingerprint density at radius 3 is 2.59 bits per heavy atom. The Bertz CT molecular complexity index is 355. The van der Waals surface area contributed by atoms with Gasteiger partial charge in [-0.1, -0.05) is 19.9 Å². The molecule has 1 aromatic rings. The Morgan fingerprint density at radius 2 is 2.06 bits per heavy atom. The first-order chi connectivity index (χ1) is 8.00. The van der Waals surface area contributed by atoms with Crippen LogP contribution in [-0.4, -0.2) is 17.6 Å². The average Bonchev–Trinajstić information content (AvgIpc) is 2.25. The van der Waals surface area contributed by atoms with Crippen LogP contribution in [0.1, 0.15) is 32.4 Å². The van der Waals surface area contributed by atoms with Gasteiger partial charge in [0.2, 0.25) is 0 Å². The highest BCUT2D eigenvalue weighted by molar-refractivity contribution is 7.99. The molecule has 0 heterocycles. The summed E-state index contributed by atoms with van der Waals surface area (Å²) in [6, 6.07) is 4.73. The summed E-state index contributed by atoms with van der Waals surface area (Å²) >= 11 is 1.80. The van der Waals surface area contributed by atoms with Crippen molar-refractivity contribution in [1.29, 1.82) is 0 Å². The fraction of sp³-hybridized carbons (Fsp3) is 0.538. The second kappa shape index (κ2) is 6.87. The van der Waals surface area contributed by atoms with Gasteiger partial charge in [0.05, 0.1) is 6.61 Å². The third-order valence-corrected chi connectivity index (χ3v) is 3.34. The lowest BCUT2D eigenvalue weighted by Crippen LogP contribution is -2.07. The number of rotatable bonds is 6. The molecule has 0 unspecified atom stereocenters. The second-order valence-corrected chi connectivity index (χ2v) is 5.93. The number of benzene rings is 1. The van der Waals surface area contributed by atoms with Crippen molar-refractivity contribution in [2.75, 3.05) is 12.4 Å². The standard InChI is InChI=1S/C13H20FNOS/c1-9(2)17-7-6-16-13-5-4-11(10(3)15)8-12(13)14/h4-5,8-10H,6-7,15H2,1-3H3/t10-/m0/s1. The maximum Gasteiger partial charge on any atom is 0.165 e. The summed E-state index contributed by atoms with van der Waals surface area (Å²) in [7, 11) is 0. The summed E-state index contributed by atoms with van der Waals surface area (Å²) < 4.78 is 19.0. The van der Waals surface area contributed by atoms with Crippen LogP contribution in [0.3, 0.4) is 0 Å². The van der Waals surface area contributed by atoms with E-state index in [1.165, 1.54) is 6.07 Å². The van der Waals surface area contributed by atoms with Crippen molar-refractivity contribution in [2.24, 2.45) is 5.73 Å². The Labute approximate surface area is 107 Å². The Balaban J connectivity index is 2.49. The molecule has 0 aliphatic rings. The van der Waals surface area contributed by atoms with Crippen LogP contribution in [0.15, 0.2) is 18.2 Å². The summed E-state index contributed by atoms with van der Waals surface area (Å²) in [5, 5.41) is 0.573. The van der Waals surface area contributed by atoms with Crippen LogP contribution in [0.4, 0.5) is 4.39 Å². The number of thioether (sulfide) groups is 1. The number of ether oxygens (including phenoxy) is 1. The zero-order valence-electron chi connectivity index (χ0n) is 10.6. The largest absolute Gasteiger partial charge is 0.490 e. The molecular formula is C13H20FNOS. The molecule has 0 aliphatic heterocycles. The molecule has 4 heteroatoms. The van der Waals surface area contributed by atoms with Gasteiger partial charge in [0.15, 0.2) is 11.6 Å². The van der Waals surface area contributed by atoms with Gasteiger partial charge in [-0.2, -0.15) is 11.8 Å². The molecule has 0 bridgehead atoms. The maximum atomic E-state index is 13.6. The number of nitrogens with two attached hydrogens (primary N) is 1. The van der Waals surface area contributed by atoms with Gasteiger partial charge in [-0.05, 0) is 29.9 Å². The Morgan fingerprint density at radius 1 is 1.35 bits per heavy atom.